The molecule has 0 radical (unpaired) electrons. The second-order valence-corrected chi connectivity index (χ2v) is 3.83. The van der Waals surface area contributed by atoms with Gasteiger partial charge >= 0.3 is 0 Å². The molecule has 0 saturated carbocycles. The molecule has 2 amide bonds. The van der Waals surface area contributed by atoms with Crippen LogP contribution in [0.4, 0.5) is 0 Å². The number of carbonyl (C=O) groups is 2. The maximum Gasteiger partial charge on any atom is 0.261 e. The first-order valence-corrected chi connectivity index (χ1v) is 5.70. The van der Waals surface area contributed by atoms with E-state index in [4.69, 9.17) is 0 Å². The summed E-state index contributed by atoms with van der Waals surface area (Å²) in [7, 11) is 0. The average molecular weight is 270 g/mol. The molecule has 3 nitrogen and oxygen atoms in total. The third kappa shape index (κ3) is 2.09. The van der Waals surface area contributed by atoms with E-state index in [0.29, 0.717) is 17.7 Å². The molecule has 1 aliphatic rings. The van der Waals surface area contributed by atoms with Crippen LogP contribution in [0.1, 0.15) is 6.42 Å². The molecule has 1 heterocycles. The molecular formula is C11H12BrNO2. The van der Waals surface area contributed by atoms with Crippen LogP contribution in [-0.2, 0) is 9.59 Å². The van der Waals surface area contributed by atoms with E-state index >= 15 is 0 Å². The topological polar surface area (TPSA) is 37.4 Å². The minimum absolute atomic E-state index is 0.272. The van der Waals surface area contributed by atoms with Gasteiger partial charge in [0.2, 0.25) is 0 Å². The highest BCUT2D eigenvalue weighted by molar-refractivity contribution is 9.09. The molecule has 0 bridgehead atoms. The van der Waals surface area contributed by atoms with Gasteiger partial charge in [0.1, 0.15) is 0 Å². The van der Waals surface area contributed by atoms with E-state index < -0.39 is 0 Å². The van der Waals surface area contributed by atoms with E-state index in [1.165, 1.54) is 17.1 Å². The second-order valence-electron chi connectivity index (χ2n) is 3.04. The minimum Gasteiger partial charge on any atom is -0.274 e. The molecule has 0 unspecified atom stereocenters. The van der Waals surface area contributed by atoms with Crippen molar-refractivity contribution in [1.82, 2.24) is 4.90 Å². The van der Waals surface area contributed by atoms with Crippen molar-refractivity contribution in [2.24, 2.45) is 0 Å². The Morgan fingerprint density at radius 3 is 1.93 bits per heavy atom. The van der Waals surface area contributed by atoms with Crippen LogP contribution >= 0.6 is 15.9 Å². The van der Waals surface area contributed by atoms with Gasteiger partial charge in [0.15, 0.2) is 0 Å². The van der Waals surface area contributed by atoms with Crippen LogP contribution in [0.5, 0.6) is 0 Å². The van der Waals surface area contributed by atoms with Crippen molar-refractivity contribution in [3.05, 3.63) is 36.5 Å². The zero-order valence-electron chi connectivity index (χ0n) is 8.33. The van der Waals surface area contributed by atoms with Crippen molar-refractivity contribution in [2.75, 3.05) is 11.9 Å². The predicted molar refractivity (Wildman–Crippen MR) is 62.6 cm³/mol. The summed E-state index contributed by atoms with van der Waals surface area (Å²) in [6.07, 6.45) is 3.56. The molecule has 15 heavy (non-hydrogen) atoms. The third-order valence-electron chi connectivity index (χ3n) is 2.16. The minimum atomic E-state index is -0.272. The average Bonchev–Trinajstić information content (AvgIpc) is 2.47. The molecule has 0 aromatic carbocycles. The summed E-state index contributed by atoms with van der Waals surface area (Å²) in [5.41, 5.74) is 0.703. The van der Waals surface area contributed by atoms with Crippen LogP contribution in [0.25, 0.3) is 0 Å². The molecule has 0 saturated heterocycles. The van der Waals surface area contributed by atoms with E-state index in [1.54, 1.807) is 0 Å². The summed E-state index contributed by atoms with van der Waals surface area (Å²) in [6.45, 7) is 7.48. The van der Waals surface area contributed by atoms with Crippen LogP contribution in [0.15, 0.2) is 36.5 Å². The van der Waals surface area contributed by atoms with Gasteiger partial charge in [-0.15, -0.1) is 0 Å². The van der Waals surface area contributed by atoms with E-state index in [9.17, 15) is 9.59 Å². The lowest BCUT2D eigenvalue weighted by Gasteiger charge is -2.13. The van der Waals surface area contributed by atoms with Gasteiger partial charge in [0.05, 0.1) is 11.1 Å². The van der Waals surface area contributed by atoms with Crippen molar-refractivity contribution < 1.29 is 9.59 Å². The molecule has 0 N–H and O–H groups in total. The smallest absolute Gasteiger partial charge is 0.261 e. The van der Waals surface area contributed by atoms with Crippen LogP contribution in [-0.4, -0.2) is 28.6 Å². The fourth-order valence-electron chi connectivity index (χ4n) is 1.43. The number of carbonyl (C=O) groups excluding carboxylic acids is 2. The van der Waals surface area contributed by atoms with Gasteiger partial charge in [0, 0.05) is 11.9 Å². The molecule has 0 aliphatic carbocycles. The number of rotatable bonds is 5. The Hall–Kier alpha value is -1.16. The van der Waals surface area contributed by atoms with Crippen LogP contribution < -0.4 is 0 Å². The lowest BCUT2D eigenvalue weighted by atomic mass is 10.1. The lowest BCUT2D eigenvalue weighted by molar-refractivity contribution is -0.137. The van der Waals surface area contributed by atoms with Gasteiger partial charge in [-0.2, -0.15) is 0 Å². The zero-order valence-corrected chi connectivity index (χ0v) is 9.92. The molecule has 4 heteroatoms. The number of hydrogen-bond acceptors (Lipinski definition) is 2. The quantitative estimate of drug-likeness (QED) is 0.564. The number of imide groups is 1. The molecule has 0 atom stereocenters. The van der Waals surface area contributed by atoms with Crippen molar-refractivity contribution in [3.8, 4) is 0 Å². The second kappa shape index (κ2) is 5.07. The molecule has 0 fully saturated rings. The highest BCUT2D eigenvalue weighted by Gasteiger charge is 2.34. The monoisotopic (exact) mass is 269 g/mol. The Kier molecular flexibility index (Phi) is 4.03. The van der Waals surface area contributed by atoms with E-state index in [1.807, 2.05) is 0 Å². The lowest BCUT2D eigenvalue weighted by Crippen LogP contribution is -2.32. The summed E-state index contributed by atoms with van der Waals surface area (Å²) in [4.78, 5) is 24.7. The molecule has 80 valence electrons. The van der Waals surface area contributed by atoms with Crippen molar-refractivity contribution in [3.63, 3.8) is 0 Å². The van der Waals surface area contributed by atoms with Crippen LogP contribution in [0.2, 0.25) is 0 Å². The first-order chi connectivity index (χ1) is 7.17. The fraction of sp³-hybridized carbons (Fsp3) is 0.273. The number of hydrogen-bond donors (Lipinski definition) is 0. The van der Waals surface area contributed by atoms with Crippen molar-refractivity contribution in [2.45, 2.75) is 6.42 Å². The number of alkyl halides is 1. The highest BCUT2D eigenvalue weighted by atomic mass is 79.9. The van der Waals surface area contributed by atoms with Gasteiger partial charge in [0.25, 0.3) is 11.8 Å². The molecule has 1 aliphatic heterocycles. The Balaban J connectivity index is 2.94. The maximum absolute atomic E-state index is 11.7. The first kappa shape index (κ1) is 11.9. The Morgan fingerprint density at radius 1 is 1.13 bits per heavy atom. The van der Waals surface area contributed by atoms with Crippen molar-refractivity contribution >= 4 is 27.7 Å². The SMILES string of the molecule is C=CC1=C(C=C)C(=O)N(CCCBr)C1=O. The van der Waals surface area contributed by atoms with E-state index in [0.717, 1.165) is 11.8 Å². The Morgan fingerprint density at radius 2 is 1.60 bits per heavy atom. The summed E-state index contributed by atoms with van der Waals surface area (Å²) in [6, 6.07) is 0. The standard InChI is InChI=1S/C11H12BrNO2/c1-3-8-9(4-2)11(15)13(10(8)14)7-5-6-12/h3-4H,1-2,5-7H2. The zero-order chi connectivity index (χ0) is 11.4. The number of nitrogens with zero attached hydrogens (tertiary/aromatic N) is 1. The summed E-state index contributed by atoms with van der Waals surface area (Å²) in [5.74, 6) is -0.545. The highest BCUT2D eigenvalue weighted by Crippen LogP contribution is 2.22. The largest absolute Gasteiger partial charge is 0.274 e. The van der Waals surface area contributed by atoms with Crippen molar-refractivity contribution in [1.29, 1.82) is 0 Å². The summed E-state index contributed by atoms with van der Waals surface area (Å²) >= 11 is 3.26. The van der Waals surface area contributed by atoms with Gasteiger partial charge in [-0.3, -0.25) is 14.5 Å². The van der Waals surface area contributed by atoms with Crippen LogP contribution in [0.3, 0.4) is 0 Å². The first-order valence-electron chi connectivity index (χ1n) is 4.58. The van der Waals surface area contributed by atoms with E-state index in [2.05, 4.69) is 29.1 Å². The molecule has 0 spiro atoms. The Bertz CT molecular complexity index is 328. The third-order valence-corrected chi connectivity index (χ3v) is 2.73. The molecule has 0 aromatic heterocycles. The Labute approximate surface area is 97.3 Å². The number of amides is 2. The normalized spacial score (nSPS) is 16.2. The van der Waals surface area contributed by atoms with Gasteiger partial charge in [-0.1, -0.05) is 41.2 Å². The van der Waals surface area contributed by atoms with Gasteiger partial charge in [-0.25, -0.2) is 0 Å². The predicted octanol–water partition coefficient (Wildman–Crippen LogP) is 1.81. The fourth-order valence-corrected chi connectivity index (χ4v) is 1.68. The maximum atomic E-state index is 11.7. The van der Waals surface area contributed by atoms with Gasteiger partial charge < -0.3 is 0 Å². The molecule has 0 aromatic rings. The summed E-state index contributed by atoms with van der Waals surface area (Å²) < 4.78 is 0. The number of halogens is 1. The molecular weight excluding hydrogens is 258 g/mol. The molecule has 1 rings (SSSR count). The van der Waals surface area contributed by atoms with Gasteiger partial charge in [-0.05, 0) is 6.42 Å². The van der Waals surface area contributed by atoms with Crippen LogP contribution in [0, 0.1) is 0 Å². The summed E-state index contributed by atoms with van der Waals surface area (Å²) in [5, 5.41) is 0.761. The van der Waals surface area contributed by atoms with E-state index in [-0.39, 0.29) is 11.8 Å².